The molecule has 0 saturated carbocycles. The van der Waals surface area contributed by atoms with Crippen molar-refractivity contribution >= 4 is 30.2 Å². The van der Waals surface area contributed by atoms with Crippen molar-refractivity contribution in [1.82, 2.24) is 4.90 Å². The summed E-state index contributed by atoms with van der Waals surface area (Å²) in [6.45, 7) is 5.02. The predicted octanol–water partition coefficient (Wildman–Crippen LogP) is 3.34. The number of ether oxygens (including phenoxy) is 1. The minimum Gasteiger partial charge on any atom is -0.492 e. The van der Waals surface area contributed by atoms with Crippen LogP contribution in [0.2, 0.25) is 0 Å². The molecule has 0 aromatic heterocycles. The summed E-state index contributed by atoms with van der Waals surface area (Å²) in [5.74, 6) is 3.82. The summed E-state index contributed by atoms with van der Waals surface area (Å²) >= 11 is 3.50. The highest BCUT2D eigenvalue weighted by atomic mass is 79.9. The van der Waals surface area contributed by atoms with E-state index in [2.05, 4.69) is 33.7 Å². The Morgan fingerprint density at radius 2 is 2.26 bits per heavy atom. The molecule has 1 N–H and O–H groups in total. The molecule has 1 aliphatic carbocycles. The molecule has 1 fully saturated rings. The van der Waals surface area contributed by atoms with Crippen molar-refractivity contribution in [2.75, 3.05) is 32.9 Å². The Balaban J connectivity index is 1.99. The monoisotopic (exact) mass is 342 g/mol. The van der Waals surface area contributed by atoms with Gasteiger partial charge in [0, 0.05) is 18.7 Å². The Bertz CT molecular complexity index is 450. The van der Waals surface area contributed by atoms with E-state index >= 15 is 0 Å². The van der Waals surface area contributed by atoms with Crippen LogP contribution in [0.25, 0.3) is 0 Å². The average molecular weight is 343 g/mol. The molecular formula is C14H20BrN2OP. The van der Waals surface area contributed by atoms with Crippen molar-refractivity contribution in [2.45, 2.75) is 6.92 Å². The van der Waals surface area contributed by atoms with Gasteiger partial charge in [0.25, 0.3) is 0 Å². The maximum absolute atomic E-state index is 8.03. The van der Waals surface area contributed by atoms with Crippen LogP contribution >= 0.6 is 24.5 Å². The van der Waals surface area contributed by atoms with Crippen LogP contribution in [-0.2, 0) is 4.74 Å². The van der Waals surface area contributed by atoms with Crippen molar-refractivity contribution in [1.29, 1.82) is 5.41 Å². The van der Waals surface area contributed by atoms with Gasteiger partial charge in [-0.25, -0.2) is 0 Å². The third-order valence-corrected chi connectivity index (χ3v) is 5.16. The third kappa shape index (κ3) is 3.77. The summed E-state index contributed by atoms with van der Waals surface area (Å²) in [7, 11) is 2.92. The molecule has 0 aromatic carbocycles. The van der Waals surface area contributed by atoms with Crippen LogP contribution in [0.3, 0.4) is 0 Å². The maximum atomic E-state index is 8.03. The van der Waals surface area contributed by atoms with Crippen LogP contribution in [0, 0.1) is 11.3 Å². The van der Waals surface area contributed by atoms with Crippen molar-refractivity contribution in [3.8, 4) is 0 Å². The lowest BCUT2D eigenvalue weighted by Gasteiger charge is -2.36. The number of likely N-dealkylation sites (tertiary alicyclic amines) is 1. The fourth-order valence-corrected chi connectivity index (χ4v) is 3.95. The molecule has 2 aliphatic rings. The topological polar surface area (TPSA) is 36.3 Å². The summed E-state index contributed by atoms with van der Waals surface area (Å²) in [6, 6.07) is 0. The minimum absolute atomic E-state index is 0.546. The number of hydrogen-bond acceptors (Lipinski definition) is 3. The van der Waals surface area contributed by atoms with Crippen molar-refractivity contribution < 1.29 is 4.74 Å². The normalized spacial score (nSPS) is 23.7. The van der Waals surface area contributed by atoms with Gasteiger partial charge in [-0.05, 0) is 54.1 Å². The van der Waals surface area contributed by atoms with Gasteiger partial charge in [-0.3, -0.25) is 0 Å². The summed E-state index contributed by atoms with van der Waals surface area (Å²) in [5, 5.41) is 8.03. The lowest BCUT2D eigenvalue weighted by molar-refractivity contribution is 0.152. The minimum atomic E-state index is 0.546. The SMILES string of the molecule is CCOC1=C(Br)C=CC(=N)/C1=C\PCC1CN(C)C1. The molecule has 0 radical (unpaired) electrons. The molecule has 1 heterocycles. The van der Waals surface area contributed by atoms with Gasteiger partial charge in [-0.15, -0.1) is 0 Å². The fraction of sp³-hybridized carbons (Fsp3) is 0.500. The molecule has 1 unspecified atom stereocenters. The third-order valence-electron chi connectivity index (χ3n) is 3.23. The van der Waals surface area contributed by atoms with Gasteiger partial charge in [-0.1, -0.05) is 14.4 Å². The summed E-state index contributed by atoms with van der Waals surface area (Å²) in [5.41, 5.74) is 1.48. The quantitative estimate of drug-likeness (QED) is 0.778. The number of nitrogens with one attached hydrogen (secondary N) is 1. The van der Waals surface area contributed by atoms with E-state index in [1.807, 2.05) is 19.1 Å². The first-order chi connectivity index (χ1) is 9.11. The van der Waals surface area contributed by atoms with E-state index in [0.29, 0.717) is 12.3 Å². The smallest absolute Gasteiger partial charge is 0.142 e. The summed E-state index contributed by atoms with van der Waals surface area (Å²) in [4.78, 5) is 2.34. The van der Waals surface area contributed by atoms with Crippen LogP contribution in [0.4, 0.5) is 0 Å². The van der Waals surface area contributed by atoms with Gasteiger partial charge in [0.15, 0.2) is 0 Å². The van der Waals surface area contributed by atoms with Crippen molar-refractivity contribution in [3.63, 3.8) is 0 Å². The second-order valence-electron chi connectivity index (χ2n) is 4.91. The van der Waals surface area contributed by atoms with Crippen LogP contribution in [-0.4, -0.2) is 43.5 Å². The first-order valence-corrected chi connectivity index (χ1v) is 8.61. The second kappa shape index (κ2) is 6.83. The van der Waals surface area contributed by atoms with Gasteiger partial charge in [0.1, 0.15) is 5.76 Å². The summed E-state index contributed by atoms with van der Waals surface area (Å²) in [6.07, 6.45) is 4.93. The predicted molar refractivity (Wildman–Crippen MR) is 86.7 cm³/mol. The molecule has 0 spiro atoms. The largest absolute Gasteiger partial charge is 0.492 e. The van der Waals surface area contributed by atoms with E-state index in [9.17, 15) is 0 Å². The molecule has 19 heavy (non-hydrogen) atoms. The number of rotatable bonds is 5. The highest BCUT2D eigenvalue weighted by molar-refractivity contribution is 9.11. The fourth-order valence-electron chi connectivity index (χ4n) is 2.29. The van der Waals surface area contributed by atoms with Gasteiger partial charge < -0.3 is 15.0 Å². The zero-order valence-electron chi connectivity index (χ0n) is 11.4. The van der Waals surface area contributed by atoms with Gasteiger partial charge in [0.05, 0.1) is 16.8 Å². The van der Waals surface area contributed by atoms with Crippen LogP contribution < -0.4 is 0 Å². The molecule has 5 heteroatoms. The lowest BCUT2D eigenvalue weighted by Crippen LogP contribution is -2.44. The van der Waals surface area contributed by atoms with E-state index in [0.717, 1.165) is 30.3 Å². The molecule has 0 bridgehead atoms. The Kier molecular flexibility index (Phi) is 5.37. The van der Waals surface area contributed by atoms with E-state index < -0.39 is 0 Å². The standard InChI is InChI=1S/C14H20BrN2OP/c1-3-18-14-11(13(16)5-4-12(14)15)9-19-8-10-6-17(2)7-10/h4-5,9-10,16,19H,3,6-8H2,1-2H3/b11-9+,16-13?. The van der Waals surface area contributed by atoms with Crippen LogP contribution in [0.5, 0.6) is 0 Å². The molecule has 1 aliphatic heterocycles. The van der Waals surface area contributed by atoms with E-state index in [4.69, 9.17) is 10.1 Å². The maximum Gasteiger partial charge on any atom is 0.142 e. The van der Waals surface area contributed by atoms with E-state index in [1.54, 1.807) is 0 Å². The molecule has 1 saturated heterocycles. The summed E-state index contributed by atoms with van der Waals surface area (Å²) < 4.78 is 6.60. The van der Waals surface area contributed by atoms with Gasteiger partial charge >= 0.3 is 0 Å². The van der Waals surface area contributed by atoms with E-state index in [1.165, 1.54) is 19.3 Å². The van der Waals surface area contributed by atoms with Crippen molar-refractivity contribution in [2.24, 2.45) is 5.92 Å². The first kappa shape index (κ1) is 15.0. The number of nitrogens with zero attached hydrogens (tertiary/aromatic N) is 1. The van der Waals surface area contributed by atoms with E-state index in [-0.39, 0.29) is 0 Å². The Hall–Kier alpha value is -0.440. The average Bonchev–Trinajstić information content (AvgIpc) is 2.35. The zero-order valence-corrected chi connectivity index (χ0v) is 14.0. The highest BCUT2D eigenvalue weighted by Crippen LogP contribution is 2.32. The molecule has 0 amide bonds. The van der Waals surface area contributed by atoms with Crippen LogP contribution in [0.15, 0.2) is 33.8 Å². The highest BCUT2D eigenvalue weighted by Gasteiger charge is 2.23. The number of allylic oxidation sites excluding steroid dienone is 4. The molecule has 0 aromatic rings. The van der Waals surface area contributed by atoms with Crippen LogP contribution in [0.1, 0.15) is 6.92 Å². The Morgan fingerprint density at radius 1 is 1.53 bits per heavy atom. The zero-order chi connectivity index (χ0) is 13.8. The second-order valence-corrected chi connectivity index (χ2v) is 6.87. The molecule has 3 nitrogen and oxygen atoms in total. The molecule has 1 atom stereocenters. The Labute approximate surface area is 125 Å². The molecular weight excluding hydrogens is 323 g/mol. The first-order valence-electron chi connectivity index (χ1n) is 6.53. The molecule has 104 valence electrons. The number of hydrogen-bond donors (Lipinski definition) is 1. The molecule has 2 rings (SSSR count). The number of halogens is 1. The lowest BCUT2D eigenvalue weighted by atomic mass is 10.0. The van der Waals surface area contributed by atoms with Gasteiger partial charge in [-0.2, -0.15) is 0 Å². The van der Waals surface area contributed by atoms with Crippen molar-refractivity contribution in [3.05, 3.63) is 33.8 Å². The Morgan fingerprint density at radius 3 is 2.89 bits per heavy atom. The van der Waals surface area contributed by atoms with Gasteiger partial charge in [0.2, 0.25) is 0 Å².